The summed E-state index contributed by atoms with van der Waals surface area (Å²) in [6.07, 6.45) is 2.43. The Morgan fingerprint density at radius 2 is 1.72 bits per heavy atom. The zero-order valence-corrected chi connectivity index (χ0v) is 17.0. The number of hydrogen-bond donors (Lipinski definition) is 3. The second-order valence-electron chi connectivity index (χ2n) is 7.07. The minimum absolute atomic E-state index is 0.0136. The van der Waals surface area contributed by atoms with Gasteiger partial charge in [0.2, 0.25) is 0 Å². The molecular weight excluding hydrogens is 396 g/mol. The Balaban J connectivity index is 2.16. The molecule has 0 unspecified atom stereocenters. The SMILES string of the molecule is CC(C)(C)OC(=O)c1ccc(NS(=O)(=O)c2cccc(C=CC(=O)NO)c2)cc1. The largest absolute Gasteiger partial charge is 0.456 e. The molecule has 0 fully saturated rings. The summed E-state index contributed by atoms with van der Waals surface area (Å²) in [7, 11) is -3.89. The van der Waals surface area contributed by atoms with E-state index in [-0.39, 0.29) is 10.6 Å². The summed E-state index contributed by atoms with van der Waals surface area (Å²) < 4.78 is 32.9. The van der Waals surface area contributed by atoms with Gasteiger partial charge in [-0.05, 0) is 68.8 Å². The maximum absolute atomic E-state index is 12.6. The molecule has 0 spiro atoms. The first-order valence-electron chi connectivity index (χ1n) is 8.59. The Labute approximate surface area is 169 Å². The number of amides is 1. The van der Waals surface area contributed by atoms with Crippen LogP contribution in [-0.4, -0.2) is 31.1 Å². The van der Waals surface area contributed by atoms with Crippen molar-refractivity contribution in [3.63, 3.8) is 0 Å². The van der Waals surface area contributed by atoms with Crippen molar-refractivity contribution in [2.45, 2.75) is 31.3 Å². The minimum Gasteiger partial charge on any atom is -0.456 e. The van der Waals surface area contributed by atoms with Crippen LogP contribution in [0.5, 0.6) is 0 Å². The highest BCUT2D eigenvalue weighted by molar-refractivity contribution is 7.92. The number of rotatable bonds is 6. The maximum atomic E-state index is 12.6. The molecule has 2 aromatic rings. The molecule has 0 radical (unpaired) electrons. The number of sulfonamides is 1. The van der Waals surface area contributed by atoms with Gasteiger partial charge in [-0.3, -0.25) is 14.7 Å². The van der Waals surface area contributed by atoms with Crippen LogP contribution in [0.15, 0.2) is 59.5 Å². The predicted molar refractivity (Wildman–Crippen MR) is 108 cm³/mol. The Kier molecular flexibility index (Phi) is 6.78. The molecule has 2 aromatic carbocycles. The van der Waals surface area contributed by atoms with Crippen LogP contribution >= 0.6 is 0 Å². The number of hydrogen-bond acceptors (Lipinski definition) is 6. The molecule has 0 aliphatic carbocycles. The average Bonchev–Trinajstić information content (AvgIpc) is 2.65. The first-order valence-corrected chi connectivity index (χ1v) is 10.1. The molecule has 1 amide bonds. The Morgan fingerprint density at radius 3 is 2.31 bits per heavy atom. The van der Waals surface area contributed by atoms with E-state index >= 15 is 0 Å². The third kappa shape index (κ3) is 6.74. The Morgan fingerprint density at radius 1 is 1.07 bits per heavy atom. The number of anilines is 1. The molecule has 3 N–H and O–H groups in total. The summed E-state index contributed by atoms with van der Waals surface area (Å²) in [6.45, 7) is 5.27. The molecular formula is C20H22N2O6S. The number of hydroxylamine groups is 1. The van der Waals surface area contributed by atoms with E-state index < -0.39 is 27.5 Å². The molecule has 8 nitrogen and oxygen atoms in total. The van der Waals surface area contributed by atoms with Crippen molar-refractivity contribution in [3.05, 3.63) is 65.7 Å². The zero-order chi connectivity index (χ0) is 21.7. The predicted octanol–water partition coefficient (Wildman–Crippen LogP) is 2.96. The van der Waals surface area contributed by atoms with Crippen LogP contribution < -0.4 is 10.2 Å². The lowest BCUT2D eigenvalue weighted by Gasteiger charge is -2.19. The van der Waals surface area contributed by atoms with Crippen LogP contribution in [-0.2, 0) is 19.6 Å². The van der Waals surface area contributed by atoms with Crippen molar-refractivity contribution in [1.29, 1.82) is 0 Å². The van der Waals surface area contributed by atoms with Gasteiger partial charge in [-0.2, -0.15) is 0 Å². The molecule has 154 valence electrons. The van der Waals surface area contributed by atoms with E-state index in [0.717, 1.165) is 6.08 Å². The Hall–Kier alpha value is -3.17. The van der Waals surface area contributed by atoms with Crippen molar-refractivity contribution in [1.82, 2.24) is 5.48 Å². The van der Waals surface area contributed by atoms with Crippen molar-refractivity contribution in [2.75, 3.05) is 4.72 Å². The molecule has 0 heterocycles. The van der Waals surface area contributed by atoms with Gasteiger partial charge in [0.05, 0.1) is 10.5 Å². The number of nitrogens with one attached hydrogen (secondary N) is 2. The fourth-order valence-corrected chi connectivity index (χ4v) is 3.33. The normalized spacial score (nSPS) is 11.9. The average molecular weight is 418 g/mol. The smallest absolute Gasteiger partial charge is 0.338 e. The van der Waals surface area contributed by atoms with Gasteiger partial charge in [0.1, 0.15) is 5.60 Å². The van der Waals surface area contributed by atoms with Crippen molar-refractivity contribution >= 4 is 33.7 Å². The fourth-order valence-electron chi connectivity index (χ4n) is 2.22. The van der Waals surface area contributed by atoms with Gasteiger partial charge < -0.3 is 4.74 Å². The van der Waals surface area contributed by atoms with E-state index in [0.29, 0.717) is 11.1 Å². The van der Waals surface area contributed by atoms with Gasteiger partial charge in [-0.1, -0.05) is 12.1 Å². The molecule has 0 saturated carbocycles. The summed E-state index contributed by atoms with van der Waals surface area (Å²) >= 11 is 0. The third-order valence-electron chi connectivity index (χ3n) is 3.48. The van der Waals surface area contributed by atoms with Gasteiger partial charge in [0.25, 0.3) is 15.9 Å². The first-order chi connectivity index (χ1) is 13.5. The fraction of sp³-hybridized carbons (Fsp3) is 0.200. The molecule has 0 saturated heterocycles. The number of benzene rings is 2. The summed E-state index contributed by atoms with van der Waals surface area (Å²) in [5.74, 6) is -1.24. The van der Waals surface area contributed by atoms with Crippen molar-refractivity contribution in [2.24, 2.45) is 0 Å². The summed E-state index contributed by atoms with van der Waals surface area (Å²) in [4.78, 5) is 23.1. The van der Waals surface area contributed by atoms with E-state index in [2.05, 4.69) is 4.72 Å². The van der Waals surface area contributed by atoms with Crippen LogP contribution in [0.3, 0.4) is 0 Å². The molecule has 0 aliphatic heterocycles. The molecule has 0 aliphatic rings. The summed E-state index contributed by atoms with van der Waals surface area (Å²) in [5.41, 5.74) is 1.85. The number of esters is 1. The molecule has 2 rings (SSSR count). The van der Waals surface area contributed by atoms with Crippen molar-refractivity contribution in [3.8, 4) is 0 Å². The first kappa shape index (κ1) is 22.1. The van der Waals surface area contributed by atoms with E-state index in [1.54, 1.807) is 26.8 Å². The quantitative estimate of drug-likeness (QED) is 0.287. The van der Waals surface area contributed by atoms with Gasteiger partial charge in [-0.15, -0.1) is 0 Å². The molecule has 0 aromatic heterocycles. The van der Waals surface area contributed by atoms with E-state index in [4.69, 9.17) is 9.94 Å². The van der Waals surface area contributed by atoms with E-state index in [9.17, 15) is 18.0 Å². The summed E-state index contributed by atoms with van der Waals surface area (Å²) in [6, 6.07) is 11.8. The second kappa shape index (κ2) is 8.89. The van der Waals surface area contributed by atoms with Gasteiger partial charge in [0, 0.05) is 11.8 Å². The highest BCUT2D eigenvalue weighted by Crippen LogP contribution is 2.19. The monoisotopic (exact) mass is 418 g/mol. The molecule has 0 atom stereocenters. The lowest BCUT2D eigenvalue weighted by atomic mass is 10.1. The van der Waals surface area contributed by atoms with Gasteiger partial charge in [-0.25, -0.2) is 18.7 Å². The van der Waals surface area contributed by atoms with Crippen LogP contribution in [0, 0.1) is 0 Å². The number of carbonyl (C=O) groups excluding carboxylic acids is 2. The number of carbonyl (C=O) groups is 2. The van der Waals surface area contributed by atoms with Crippen LogP contribution in [0.1, 0.15) is 36.7 Å². The lowest BCUT2D eigenvalue weighted by molar-refractivity contribution is -0.124. The van der Waals surface area contributed by atoms with E-state index in [1.165, 1.54) is 54.0 Å². The van der Waals surface area contributed by atoms with Gasteiger partial charge >= 0.3 is 5.97 Å². The lowest BCUT2D eigenvalue weighted by Crippen LogP contribution is -2.23. The van der Waals surface area contributed by atoms with Crippen LogP contribution in [0.25, 0.3) is 6.08 Å². The summed E-state index contributed by atoms with van der Waals surface area (Å²) in [5, 5.41) is 8.48. The zero-order valence-electron chi connectivity index (χ0n) is 16.2. The second-order valence-corrected chi connectivity index (χ2v) is 8.75. The molecule has 9 heteroatoms. The molecule has 29 heavy (non-hydrogen) atoms. The van der Waals surface area contributed by atoms with E-state index in [1.807, 2.05) is 0 Å². The number of ether oxygens (including phenoxy) is 1. The van der Waals surface area contributed by atoms with Crippen LogP contribution in [0.4, 0.5) is 5.69 Å². The third-order valence-corrected chi connectivity index (χ3v) is 4.86. The highest BCUT2D eigenvalue weighted by Gasteiger charge is 2.18. The van der Waals surface area contributed by atoms with Gasteiger partial charge in [0.15, 0.2) is 0 Å². The molecule has 0 bridgehead atoms. The topological polar surface area (TPSA) is 122 Å². The van der Waals surface area contributed by atoms with Crippen LogP contribution in [0.2, 0.25) is 0 Å². The minimum atomic E-state index is -3.89. The highest BCUT2D eigenvalue weighted by atomic mass is 32.2. The Bertz CT molecular complexity index is 1020. The standard InChI is InChI=1S/C20H22N2O6S/c1-20(2,3)28-19(24)15-8-10-16(11-9-15)22-29(26,27)17-6-4-5-14(13-17)7-12-18(23)21-25/h4-13,22,25H,1-3H3,(H,21,23). The van der Waals surface area contributed by atoms with Crippen molar-refractivity contribution < 1.29 is 28.0 Å². The maximum Gasteiger partial charge on any atom is 0.338 e.